The Morgan fingerprint density at radius 3 is 2.67 bits per heavy atom. The van der Waals surface area contributed by atoms with E-state index in [4.69, 9.17) is 9.84 Å². The van der Waals surface area contributed by atoms with Crippen molar-refractivity contribution in [2.45, 2.75) is 24.3 Å². The highest BCUT2D eigenvalue weighted by atomic mass is 32.2. The van der Waals surface area contributed by atoms with Crippen LogP contribution >= 0.6 is 11.8 Å². The first-order valence-electron chi connectivity index (χ1n) is 6.24. The van der Waals surface area contributed by atoms with E-state index < -0.39 is 16.0 Å². The lowest BCUT2D eigenvalue weighted by Gasteiger charge is -2.16. The second-order valence-corrected chi connectivity index (χ2v) is 7.14. The van der Waals surface area contributed by atoms with Gasteiger partial charge < -0.3 is 9.84 Å². The molecular formula is C13H19NO5S2. The van der Waals surface area contributed by atoms with E-state index in [-0.39, 0.29) is 22.3 Å². The zero-order chi connectivity index (χ0) is 16.0. The van der Waals surface area contributed by atoms with Gasteiger partial charge in [0.05, 0.1) is 12.7 Å². The average molecular weight is 333 g/mol. The molecule has 1 unspecified atom stereocenters. The van der Waals surface area contributed by atoms with Crippen LogP contribution in [0.15, 0.2) is 23.1 Å². The van der Waals surface area contributed by atoms with Gasteiger partial charge in [0.15, 0.2) is 0 Å². The molecule has 1 atom stereocenters. The van der Waals surface area contributed by atoms with Crippen molar-refractivity contribution in [3.05, 3.63) is 23.8 Å². The minimum atomic E-state index is -3.84. The zero-order valence-electron chi connectivity index (χ0n) is 12.1. The predicted molar refractivity (Wildman–Crippen MR) is 82.7 cm³/mol. The highest BCUT2D eigenvalue weighted by Crippen LogP contribution is 2.25. The number of hydrogen-bond donors (Lipinski definition) is 2. The van der Waals surface area contributed by atoms with Crippen molar-refractivity contribution < 1.29 is 23.1 Å². The Balaban J connectivity index is 3.11. The van der Waals surface area contributed by atoms with Crippen LogP contribution in [0, 0.1) is 0 Å². The second kappa shape index (κ2) is 7.67. The largest absolute Gasteiger partial charge is 0.495 e. The van der Waals surface area contributed by atoms with Crippen molar-refractivity contribution >= 4 is 27.8 Å². The highest BCUT2D eigenvalue weighted by molar-refractivity contribution is 7.98. The number of carboxylic acids is 1. The third kappa shape index (κ3) is 4.90. The molecule has 0 heterocycles. The minimum Gasteiger partial charge on any atom is -0.495 e. The average Bonchev–Trinajstić information content (AvgIpc) is 2.43. The van der Waals surface area contributed by atoms with Crippen LogP contribution in [0.3, 0.4) is 0 Å². The number of nitrogens with one attached hydrogen (secondary N) is 1. The molecule has 0 radical (unpaired) electrons. The van der Waals surface area contributed by atoms with Crippen molar-refractivity contribution in [3.63, 3.8) is 0 Å². The number of rotatable bonds is 8. The van der Waals surface area contributed by atoms with Crippen molar-refractivity contribution in [2.24, 2.45) is 0 Å². The Kier molecular flexibility index (Phi) is 6.50. The van der Waals surface area contributed by atoms with Gasteiger partial charge in [0.2, 0.25) is 10.0 Å². The molecule has 2 N–H and O–H groups in total. The summed E-state index contributed by atoms with van der Waals surface area (Å²) in [7, 11) is -2.50. The summed E-state index contributed by atoms with van der Waals surface area (Å²) in [6.07, 6.45) is 2.63. The van der Waals surface area contributed by atoms with E-state index in [1.807, 2.05) is 6.26 Å². The first kappa shape index (κ1) is 17.8. The Morgan fingerprint density at radius 1 is 1.48 bits per heavy atom. The lowest BCUT2D eigenvalue weighted by Crippen LogP contribution is -2.33. The van der Waals surface area contributed by atoms with Gasteiger partial charge in [0.1, 0.15) is 10.6 Å². The maximum absolute atomic E-state index is 12.4. The van der Waals surface area contributed by atoms with Crippen LogP contribution < -0.4 is 9.46 Å². The number of thioether (sulfide) groups is 1. The molecule has 0 saturated carbocycles. The fraction of sp³-hybridized carbons (Fsp3) is 0.462. The monoisotopic (exact) mass is 333 g/mol. The van der Waals surface area contributed by atoms with Gasteiger partial charge in [0.25, 0.3) is 0 Å². The minimum absolute atomic E-state index is 0.104. The number of methoxy groups -OCH3 is 1. The van der Waals surface area contributed by atoms with Crippen molar-refractivity contribution in [1.29, 1.82) is 0 Å². The first-order valence-corrected chi connectivity index (χ1v) is 9.12. The van der Waals surface area contributed by atoms with E-state index in [1.165, 1.54) is 19.2 Å². The summed E-state index contributed by atoms with van der Waals surface area (Å²) in [6.45, 7) is 1.77. The molecule has 0 aliphatic carbocycles. The Bertz CT molecular complexity index is 601. The second-order valence-electron chi connectivity index (χ2n) is 4.47. The highest BCUT2D eigenvalue weighted by Gasteiger charge is 2.23. The molecule has 8 heteroatoms. The molecule has 1 aromatic rings. The number of carbonyl (C=O) groups is 1. The molecule has 1 rings (SSSR count). The summed E-state index contributed by atoms with van der Waals surface area (Å²) in [4.78, 5) is 10.8. The molecule has 0 spiro atoms. The summed E-state index contributed by atoms with van der Waals surface area (Å²) < 4.78 is 32.3. The molecule has 21 heavy (non-hydrogen) atoms. The molecule has 0 aromatic heterocycles. The van der Waals surface area contributed by atoms with E-state index in [0.29, 0.717) is 6.42 Å². The Labute approximate surface area is 128 Å². The lowest BCUT2D eigenvalue weighted by molar-refractivity contribution is 0.0696. The van der Waals surface area contributed by atoms with Gasteiger partial charge in [0, 0.05) is 6.04 Å². The van der Waals surface area contributed by atoms with Crippen LogP contribution in [0.2, 0.25) is 0 Å². The molecule has 118 valence electrons. The number of sulfonamides is 1. The van der Waals surface area contributed by atoms with Crippen molar-refractivity contribution in [3.8, 4) is 5.75 Å². The molecular weight excluding hydrogens is 314 g/mol. The first-order chi connectivity index (χ1) is 9.81. The van der Waals surface area contributed by atoms with Crippen LogP contribution in [0.25, 0.3) is 0 Å². The standard InChI is InChI=1S/C13H19NO5S2/c1-9(6-7-20-3)14-21(17,18)12-8-10(13(15)16)4-5-11(12)19-2/h4-5,8-9,14H,6-7H2,1-3H3,(H,15,16). The molecule has 0 saturated heterocycles. The smallest absolute Gasteiger partial charge is 0.335 e. The third-order valence-corrected chi connectivity index (χ3v) is 5.07. The topological polar surface area (TPSA) is 92.7 Å². The van der Waals surface area contributed by atoms with Crippen LogP contribution in [-0.4, -0.2) is 44.7 Å². The molecule has 0 bridgehead atoms. The van der Waals surface area contributed by atoms with Crippen LogP contribution in [0.5, 0.6) is 5.75 Å². The van der Waals surface area contributed by atoms with E-state index in [0.717, 1.165) is 11.8 Å². The SMILES string of the molecule is COc1ccc(C(=O)O)cc1S(=O)(=O)NC(C)CCSC. The number of carboxylic acid groups (broad SMARTS) is 1. The maximum Gasteiger partial charge on any atom is 0.335 e. The Hall–Kier alpha value is -1.25. The van der Waals surface area contributed by atoms with E-state index in [1.54, 1.807) is 18.7 Å². The number of ether oxygens (including phenoxy) is 1. The predicted octanol–water partition coefficient (Wildman–Crippen LogP) is 1.81. The molecule has 1 aromatic carbocycles. The molecule has 0 amide bonds. The summed E-state index contributed by atoms with van der Waals surface area (Å²) in [5, 5.41) is 8.98. The lowest BCUT2D eigenvalue weighted by atomic mass is 10.2. The summed E-state index contributed by atoms with van der Waals surface area (Å²) in [5.74, 6) is -0.246. The van der Waals surface area contributed by atoms with E-state index in [9.17, 15) is 13.2 Å². The van der Waals surface area contributed by atoms with Gasteiger partial charge >= 0.3 is 5.97 Å². The van der Waals surface area contributed by atoms with Gasteiger partial charge in [-0.3, -0.25) is 0 Å². The molecule has 0 aliphatic rings. The number of hydrogen-bond acceptors (Lipinski definition) is 5. The van der Waals surface area contributed by atoms with Gasteiger partial charge in [-0.15, -0.1) is 0 Å². The fourth-order valence-corrected chi connectivity index (χ4v) is 3.76. The molecule has 0 aliphatic heterocycles. The summed E-state index contributed by atoms with van der Waals surface area (Å²) in [6, 6.07) is 3.49. The molecule has 6 nitrogen and oxygen atoms in total. The van der Waals surface area contributed by atoms with Crippen molar-refractivity contribution in [1.82, 2.24) is 4.72 Å². The summed E-state index contributed by atoms with van der Waals surface area (Å²) >= 11 is 1.63. The van der Waals surface area contributed by atoms with Gasteiger partial charge in [-0.1, -0.05) is 0 Å². The number of aromatic carboxylic acids is 1. The fourth-order valence-electron chi connectivity index (χ4n) is 1.70. The zero-order valence-corrected chi connectivity index (χ0v) is 13.8. The normalized spacial score (nSPS) is 12.9. The molecule has 0 fully saturated rings. The van der Waals surface area contributed by atoms with Gasteiger partial charge in [-0.25, -0.2) is 17.9 Å². The third-order valence-electron chi connectivity index (χ3n) is 2.81. The van der Waals surface area contributed by atoms with E-state index >= 15 is 0 Å². The number of benzene rings is 1. The van der Waals surface area contributed by atoms with E-state index in [2.05, 4.69) is 4.72 Å². The van der Waals surface area contributed by atoms with Gasteiger partial charge in [-0.05, 0) is 43.6 Å². The van der Waals surface area contributed by atoms with Crippen LogP contribution in [0.1, 0.15) is 23.7 Å². The maximum atomic E-state index is 12.4. The van der Waals surface area contributed by atoms with Crippen LogP contribution in [-0.2, 0) is 10.0 Å². The van der Waals surface area contributed by atoms with Crippen molar-refractivity contribution in [2.75, 3.05) is 19.1 Å². The summed E-state index contributed by atoms with van der Waals surface area (Å²) in [5.41, 5.74) is -0.104. The quantitative estimate of drug-likeness (QED) is 0.754. The van der Waals surface area contributed by atoms with Gasteiger partial charge in [-0.2, -0.15) is 11.8 Å². The van der Waals surface area contributed by atoms with Crippen LogP contribution in [0.4, 0.5) is 0 Å². The Morgan fingerprint density at radius 2 is 2.14 bits per heavy atom.